The molecule has 94 valence electrons. The number of carbonyl (C=O) groups excluding carboxylic acids is 1. The Morgan fingerprint density at radius 3 is 2.62 bits per heavy atom. The number of hydrogen-bond donors (Lipinski definition) is 2. The van der Waals surface area contributed by atoms with Crippen molar-refractivity contribution in [1.82, 2.24) is 10.2 Å². The van der Waals surface area contributed by atoms with Gasteiger partial charge in [0, 0.05) is 20.0 Å². The lowest BCUT2D eigenvalue weighted by Gasteiger charge is -2.32. The number of likely N-dealkylation sites (tertiary alicyclic amines) is 1. The summed E-state index contributed by atoms with van der Waals surface area (Å²) >= 11 is 0. The van der Waals surface area contributed by atoms with Crippen molar-refractivity contribution in [2.75, 3.05) is 26.7 Å². The average molecular weight is 228 g/mol. The summed E-state index contributed by atoms with van der Waals surface area (Å²) in [5, 5.41) is 12.2. The molecule has 1 atom stereocenters. The highest BCUT2D eigenvalue weighted by molar-refractivity contribution is 5.75. The van der Waals surface area contributed by atoms with Crippen LogP contribution in [0.1, 0.15) is 32.6 Å². The monoisotopic (exact) mass is 228 g/mol. The molecule has 0 aliphatic carbocycles. The van der Waals surface area contributed by atoms with Gasteiger partial charge in [-0.25, -0.2) is 0 Å². The van der Waals surface area contributed by atoms with Gasteiger partial charge in [-0.05, 0) is 38.3 Å². The molecule has 4 heteroatoms. The Bertz CT molecular complexity index is 213. The minimum atomic E-state index is -0.199. The first-order valence-corrected chi connectivity index (χ1v) is 6.26. The number of carbonyl (C=O) groups is 1. The average Bonchev–Trinajstić information content (AvgIpc) is 2.31. The van der Waals surface area contributed by atoms with E-state index in [1.807, 2.05) is 6.92 Å². The van der Waals surface area contributed by atoms with Gasteiger partial charge in [-0.2, -0.15) is 0 Å². The van der Waals surface area contributed by atoms with E-state index in [0.717, 1.165) is 38.9 Å². The standard InChI is InChI=1S/C12H24N2O2/c1-3-11(15)9-14-6-4-10(5-7-14)8-12(16)13-2/h10-11,15H,3-9H2,1-2H3,(H,13,16). The van der Waals surface area contributed by atoms with Crippen LogP contribution in [0.4, 0.5) is 0 Å². The summed E-state index contributed by atoms with van der Waals surface area (Å²) in [7, 11) is 1.69. The predicted molar refractivity (Wildman–Crippen MR) is 64.1 cm³/mol. The fourth-order valence-electron chi connectivity index (χ4n) is 2.16. The molecule has 0 aromatic rings. The Hall–Kier alpha value is -0.610. The highest BCUT2D eigenvalue weighted by Crippen LogP contribution is 2.20. The predicted octanol–water partition coefficient (Wildman–Crippen LogP) is 0.605. The van der Waals surface area contributed by atoms with Crippen molar-refractivity contribution < 1.29 is 9.90 Å². The molecule has 1 aliphatic heterocycles. The van der Waals surface area contributed by atoms with Gasteiger partial charge < -0.3 is 15.3 Å². The van der Waals surface area contributed by atoms with Gasteiger partial charge in [0.15, 0.2) is 0 Å². The third-order valence-electron chi connectivity index (χ3n) is 3.40. The van der Waals surface area contributed by atoms with Crippen LogP contribution in [0.3, 0.4) is 0 Å². The number of hydrogen-bond acceptors (Lipinski definition) is 3. The lowest BCUT2D eigenvalue weighted by Crippen LogP contribution is -2.39. The molecule has 0 aromatic carbocycles. The maximum absolute atomic E-state index is 11.2. The van der Waals surface area contributed by atoms with Crippen LogP contribution in [-0.4, -0.2) is 48.7 Å². The zero-order valence-corrected chi connectivity index (χ0v) is 10.4. The van der Waals surface area contributed by atoms with Crippen LogP contribution >= 0.6 is 0 Å². The normalized spacial score (nSPS) is 20.7. The number of aliphatic hydroxyl groups excluding tert-OH is 1. The Morgan fingerprint density at radius 1 is 1.50 bits per heavy atom. The molecule has 1 fully saturated rings. The van der Waals surface area contributed by atoms with Gasteiger partial charge in [0.1, 0.15) is 0 Å². The number of nitrogens with zero attached hydrogens (tertiary/aromatic N) is 1. The fourth-order valence-corrected chi connectivity index (χ4v) is 2.16. The van der Waals surface area contributed by atoms with Crippen molar-refractivity contribution in [1.29, 1.82) is 0 Å². The summed E-state index contributed by atoms with van der Waals surface area (Å²) in [4.78, 5) is 13.5. The number of rotatable bonds is 5. The summed E-state index contributed by atoms with van der Waals surface area (Å²) in [6.07, 6.45) is 3.42. The number of nitrogens with one attached hydrogen (secondary N) is 1. The van der Waals surface area contributed by atoms with Crippen molar-refractivity contribution in [3.8, 4) is 0 Å². The molecule has 2 N–H and O–H groups in total. The van der Waals surface area contributed by atoms with E-state index in [2.05, 4.69) is 10.2 Å². The van der Waals surface area contributed by atoms with Crippen LogP contribution in [0.5, 0.6) is 0 Å². The molecular weight excluding hydrogens is 204 g/mol. The molecule has 0 bridgehead atoms. The molecule has 4 nitrogen and oxygen atoms in total. The van der Waals surface area contributed by atoms with Gasteiger partial charge >= 0.3 is 0 Å². The van der Waals surface area contributed by atoms with Gasteiger partial charge in [-0.15, -0.1) is 0 Å². The van der Waals surface area contributed by atoms with Crippen molar-refractivity contribution in [3.63, 3.8) is 0 Å². The summed E-state index contributed by atoms with van der Waals surface area (Å²) in [5.41, 5.74) is 0. The molecule has 0 radical (unpaired) electrons. The maximum atomic E-state index is 11.2. The lowest BCUT2D eigenvalue weighted by atomic mass is 9.93. The van der Waals surface area contributed by atoms with Gasteiger partial charge in [0.25, 0.3) is 0 Å². The molecule has 0 aromatic heterocycles. The van der Waals surface area contributed by atoms with Crippen molar-refractivity contribution >= 4 is 5.91 Å². The zero-order chi connectivity index (χ0) is 12.0. The second-order valence-corrected chi connectivity index (χ2v) is 4.68. The molecule has 0 spiro atoms. The summed E-state index contributed by atoms with van der Waals surface area (Å²) < 4.78 is 0. The molecule has 1 aliphatic rings. The lowest BCUT2D eigenvalue weighted by molar-refractivity contribution is -0.121. The number of β-amino-alcohol motifs (C(OH)–C–C–N with tert-alkyl or cyclic N) is 1. The van der Waals surface area contributed by atoms with E-state index in [1.165, 1.54) is 0 Å². The van der Waals surface area contributed by atoms with Gasteiger partial charge in [0.2, 0.25) is 5.91 Å². The van der Waals surface area contributed by atoms with Crippen LogP contribution < -0.4 is 5.32 Å². The SMILES string of the molecule is CCC(O)CN1CCC(CC(=O)NC)CC1. The smallest absolute Gasteiger partial charge is 0.220 e. The van der Waals surface area contributed by atoms with Crippen LogP contribution in [0.15, 0.2) is 0 Å². The third kappa shape index (κ3) is 4.49. The largest absolute Gasteiger partial charge is 0.392 e. The summed E-state index contributed by atoms with van der Waals surface area (Å²) in [6, 6.07) is 0. The van der Waals surface area contributed by atoms with Crippen LogP contribution in [0, 0.1) is 5.92 Å². The quantitative estimate of drug-likeness (QED) is 0.725. The zero-order valence-electron chi connectivity index (χ0n) is 10.4. The van der Waals surface area contributed by atoms with Crippen LogP contribution in [0.2, 0.25) is 0 Å². The van der Waals surface area contributed by atoms with Gasteiger partial charge in [-0.3, -0.25) is 4.79 Å². The molecule has 0 saturated carbocycles. The van der Waals surface area contributed by atoms with Crippen LogP contribution in [0.25, 0.3) is 0 Å². The first-order chi connectivity index (χ1) is 7.65. The number of aliphatic hydroxyl groups is 1. The Labute approximate surface area is 98.0 Å². The minimum Gasteiger partial charge on any atom is -0.392 e. The summed E-state index contributed by atoms with van der Waals surface area (Å²) in [6.45, 7) is 4.81. The second-order valence-electron chi connectivity index (χ2n) is 4.68. The molecule has 1 rings (SSSR count). The van der Waals surface area contributed by atoms with E-state index in [4.69, 9.17) is 0 Å². The Kier molecular flexibility index (Phi) is 5.77. The van der Waals surface area contributed by atoms with Gasteiger partial charge in [-0.1, -0.05) is 6.92 Å². The molecule has 1 heterocycles. The first kappa shape index (κ1) is 13.5. The molecule has 1 amide bonds. The van der Waals surface area contributed by atoms with E-state index in [1.54, 1.807) is 7.05 Å². The molecule has 1 saturated heterocycles. The Balaban J connectivity index is 2.20. The van der Waals surface area contributed by atoms with E-state index < -0.39 is 0 Å². The van der Waals surface area contributed by atoms with E-state index >= 15 is 0 Å². The molecule has 1 unspecified atom stereocenters. The first-order valence-electron chi connectivity index (χ1n) is 6.26. The summed E-state index contributed by atoms with van der Waals surface area (Å²) in [5.74, 6) is 0.669. The van der Waals surface area contributed by atoms with Crippen LogP contribution in [-0.2, 0) is 4.79 Å². The van der Waals surface area contributed by atoms with Crippen molar-refractivity contribution in [3.05, 3.63) is 0 Å². The van der Waals surface area contributed by atoms with Crippen molar-refractivity contribution in [2.24, 2.45) is 5.92 Å². The van der Waals surface area contributed by atoms with E-state index in [9.17, 15) is 9.90 Å². The highest BCUT2D eigenvalue weighted by Gasteiger charge is 2.21. The minimum absolute atomic E-state index is 0.145. The molecule has 16 heavy (non-hydrogen) atoms. The van der Waals surface area contributed by atoms with Gasteiger partial charge in [0.05, 0.1) is 6.10 Å². The Morgan fingerprint density at radius 2 is 2.12 bits per heavy atom. The topological polar surface area (TPSA) is 52.6 Å². The number of piperidine rings is 1. The number of amides is 1. The van der Waals surface area contributed by atoms with E-state index in [0.29, 0.717) is 12.3 Å². The maximum Gasteiger partial charge on any atom is 0.220 e. The van der Waals surface area contributed by atoms with E-state index in [-0.39, 0.29) is 12.0 Å². The highest BCUT2D eigenvalue weighted by atomic mass is 16.3. The second kappa shape index (κ2) is 6.86. The van der Waals surface area contributed by atoms with Crippen molar-refractivity contribution in [2.45, 2.75) is 38.7 Å². The third-order valence-corrected chi connectivity index (χ3v) is 3.40. The molecular formula is C12H24N2O2. The fraction of sp³-hybridized carbons (Fsp3) is 0.917.